The minimum absolute atomic E-state index is 0.910. The first kappa shape index (κ1) is 13.2. The summed E-state index contributed by atoms with van der Waals surface area (Å²) in [4.78, 5) is 9.19. The molecule has 0 fully saturated rings. The van der Waals surface area contributed by atoms with Crippen LogP contribution in [0.5, 0.6) is 0 Å². The molecule has 3 heterocycles. The molecule has 4 heteroatoms. The lowest BCUT2D eigenvalue weighted by molar-refractivity contribution is -0.663. The Bertz CT molecular complexity index is 948. The molecule has 0 amide bonds. The Morgan fingerprint density at radius 3 is 2.82 bits per heavy atom. The van der Waals surface area contributed by atoms with Gasteiger partial charge in [0.1, 0.15) is 11.5 Å². The second-order valence-electron chi connectivity index (χ2n) is 6.07. The van der Waals surface area contributed by atoms with Crippen LogP contribution in [0, 0.1) is 20.8 Å². The van der Waals surface area contributed by atoms with Crippen molar-refractivity contribution in [1.82, 2.24) is 14.5 Å². The predicted octanol–water partition coefficient (Wildman–Crippen LogP) is 2.87. The lowest BCUT2D eigenvalue weighted by atomic mass is 9.98. The number of aromatic nitrogens is 4. The Kier molecular flexibility index (Phi) is 2.70. The van der Waals surface area contributed by atoms with Crippen molar-refractivity contribution in [3.8, 4) is 11.3 Å². The minimum Gasteiger partial charge on any atom is -0.302 e. The molecule has 22 heavy (non-hydrogen) atoms. The number of imidazole rings is 1. The molecule has 2 aromatic heterocycles. The van der Waals surface area contributed by atoms with Crippen LogP contribution in [0.2, 0.25) is 0 Å². The fourth-order valence-electron chi connectivity index (χ4n) is 3.24. The predicted molar refractivity (Wildman–Crippen MR) is 87.4 cm³/mol. The second-order valence-corrected chi connectivity index (χ2v) is 6.07. The van der Waals surface area contributed by atoms with Crippen molar-refractivity contribution >= 4 is 17.2 Å². The summed E-state index contributed by atoms with van der Waals surface area (Å²) in [5.74, 6) is 1.12. The first-order valence-electron chi connectivity index (χ1n) is 7.56. The first-order valence-corrected chi connectivity index (χ1v) is 7.56. The molecule has 1 aliphatic rings. The molecular formula is C18H19N4+. The lowest BCUT2D eigenvalue weighted by Crippen LogP contribution is -2.32. The highest BCUT2D eigenvalue weighted by atomic mass is 15.1. The molecule has 4 rings (SSSR count). The quantitative estimate of drug-likeness (QED) is 0.646. The van der Waals surface area contributed by atoms with Crippen molar-refractivity contribution < 1.29 is 4.57 Å². The number of hydrogen-bond acceptors (Lipinski definition) is 2. The number of hydrogen-bond donors (Lipinski definition) is 0. The third-order valence-electron chi connectivity index (χ3n) is 4.54. The number of nitrogens with zero attached hydrogens (tertiary/aromatic N) is 4. The summed E-state index contributed by atoms with van der Waals surface area (Å²) in [5.41, 5.74) is 8.32. The maximum Gasteiger partial charge on any atom is 0.286 e. The van der Waals surface area contributed by atoms with Gasteiger partial charge in [-0.1, -0.05) is 11.1 Å². The molecule has 0 saturated heterocycles. The van der Waals surface area contributed by atoms with Crippen molar-refractivity contribution in [1.29, 1.82) is 0 Å². The van der Waals surface area contributed by atoms with Gasteiger partial charge in [0.2, 0.25) is 0 Å². The number of rotatable bonds is 1. The summed E-state index contributed by atoms with van der Waals surface area (Å²) in [6.07, 6.45) is 7.10. The summed E-state index contributed by atoms with van der Waals surface area (Å²) in [6, 6.07) is 4.35. The zero-order chi connectivity index (χ0) is 15.4. The molecule has 110 valence electrons. The summed E-state index contributed by atoms with van der Waals surface area (Å²) in [6.45, 7) is 6.39. The molecule has 0 atom stereocenters. The van der Waals surface area contributed by atoms with Crippen molar-refractivity contribution in [2.45, 2.75) is 27.2 Å². The van der Waals surface area contributed by atoms with Crippen LogP contribution < -0.4 is 4.57 Å². The monoisotopic (exact) mass is 291 g/mol. The van der Waals surface area contributed by atoms with Gasteiger partial charge in [-0.05, 0) is 31.0 Å². The van der Waals surface area contributed by atoms with Crippen molar-refractivity contribution in [2.24, 2.45) is 7.05 Å². The van der Waals surface area contributed by atoms with Gasteiger partial charge in [0.25, 0.3) is 6.33 Å². The van der Waals surface area contributed by atoms with Crippen molar-refractivity contribution in [3.63, 3.8) is 0 Å². The third-order valence-corrected chi connectivity index (χ3v) is 4.54. The second kappa shape index (κ2) is 4.50. The van der Waals surface area contributed by atoms with Gasteiger partial charge in [0, 0.05) is 25.6 Å². The molecule has 0 unspecified atom stereocenters. The van der Waals surface area contributed by atoms with Crippen molar-refractivity contribution in [2.75, 3.05) is 0 Å². The number of aryl methyl sites for hydroxylation is 3. The van der Waals surface area contributed by atoms with E-state index in [1.807, 2.05) is 20.3 Å². The van der Waals surface area contributed by atoms with Gasteiger partial charge < -0.3 is 4.57 Å². The van der Waals surface area contributed by atoms with Crippen LogP contribution in [0.1, 0.15) is 22.6 Å². The van der Waals surface area contributed by atoms with Gasteiger partial charge >= 0.3 is 0 Å². The van der Waals surface area contributed by atoms with Crippen LogP contribution in [0.3, 0.4) is 0 Å². The maximum absolute atomic E-state index is 4.81. The molecule has 1 aromatic carbocycles. The Morgan fingerprint density at radius 1 is 1.18 bits per heavy atom. The molecule has 0 saturated carbocycles. The first-order chi connectivity index (χ1) is 10.6. The van der Waals surface area contributed by atoms with E-state index in [9.17, 15) is 0 Å². The topological polar surface area (TPSA) is 34.6 Å². The Hall–Kier alpha value is -2.49. The maximum atomic E-state index is 4.81. The van der Waals surface area contributed by atoms with E-state index in [2.05, 4.69) is 52.4 Å². The lowest BCUT2D eigenvalue weighted by Gasteiger charge is -2.12. The van der Waals surface area contributed by atoms with E-state index >= 15 is 0 Å². The van der Waals surface area contributed by atoms with Gasteiger partial charge in [-0.3, -0.25) is 0 Å². The fraction of sp³-hybridized carbons (Fsp3) is 0.278. The smallest absolute Gasteiger partial charge is 0.286 e. The Labute approximate surface area is 129 Å². The normalized spacial score (nSPS) is 13.1. The van der Waals surface area contributed by atoms with Gasteiger partial charge in [-0.25, -0.2) is 9.55 Å². The number of allylic oxidation sites excluding steroid dienone is 1. The Balaban J connectivity index is 2.18. The summed E-state index contributed by atoms with van der Waals surface area (Å²) < 4.78 is 4.32. The van der Waals surface area contributed by atoms with Crippen molar-refractivity contribution in [3.05, 3.63) is 47.2 Å². The zero-order valence-electron chi connectivity index (χ0n) is 13.4. The zero-order valence-corrected chi connectivity index (χ0v) is 13.4. The molecule has 4 nitrogen and oxygen atoms in total. The average molecular weight is 291 g/mol. The van der Waals surface area contributed by atoms with E-state index < -0.39 is 0 Å². The van der Waals surface area contributed by atoms with E-state index in [4.69, 9.17) is 4.98 Å². The van der Waals surface area contributed by atoms with Crippen LogP contribution in [-0.2, 0) is 13.5 Å². The highest BCUT2D eigenvalue weighted by Gasteiger charge is 2.22. The van der Waals surface area contributed by atoms with Crippen LogP contribution in [0.15, 0.2) is 24.5 Å². The summed E-state index contributed by atoms with van der Waals surface area (Å²) in [5, 5.41) is 0. The standard InChI is InChI=1S/C18H19N4/c1-11-8-14-18(22-7-5-6-16(22)20-14)17(13(11)3)15-9-12(2)19-10-21(15)4/h5,7-10H,6H2,1-4H3/q+1. The molecule has 0 bridgehead atoms. The highest BCUT2D eigenvalue weighted by molar-refractivity contribution is 5.95. The molecule has 0 spiro atoms. The molecule has 0 aliphatic carbocycles. The molecular weight excluding hydrogens is 272 g/mol. The highest BCUT2D eigenvalue weighted by Crippen LogP contribution is 2.34. The molecule has 0 radical (unpaired) electrons. The number of fused-ring (bicyclic) bond motifs is 3. The van der Waals surface area contributed by atoms with E-state index in [0.29, 0.717) is 0 Å². The van der Waals surface area contributed by atoms with E-state index in [0.717, 1.165) is 23.5 Å². The third kappa shape index (κ3) is 1.73. The van der Waals surface area contributed by atoms with Gasteiger partial charge in [-0.15, -0.1) is 0 Å². The van der Waals surface area contributed by atoms with Gasteiger partial charge in [0.05, 0.1) is 23.6 Å². The number of benzene rings is 1. The van der Waals surface area contributed by atoms with Gasteiger partial charge in [-0.2, -0.15) is 0 Å². The molecule has 1 aliphatic heterocycles. The molecule has 0 N–H and O–H groups in total. The average Bonchev–Trinajstić information content (AvgIpc) is 3.04. The largest absolute Gasteiger partial charge is 0.302 e. The van der Waals surface area contributed by atoms with Crippen LogP contribution in [0.25, 0.3) is 28.5 Å². The van der Waals surface area contributed by atoms with E-state index in [1.165, 1.54) is 27.9 Å². The van der Waals surface area contributed by atoms with Gasteiger partial charge in [0.15, 0.2) is 5.69 Å². The van der Waals surface area contributed by atoms with Crippen LogP contribution in [-0.4, -0.2) is 14.5 Å². The summed E-state index contributed by atoms with van der Waals surface area (Å²) >= 11 is 0. The van der Waals surface area contributed by atoms with E-state index in [1.54, 1.807) is 0 Å². The van der Waals surface area contributed by atoms with E-state index in [-0.39, 0.29) is 0 Å². The Morgan fingerprint density at radius 2 is 2.00 bits per heavy atom. The SMILES string of the molecule is Cc1cc(-c2c(C)c(C)cc3nc4n(c23)C=CC4)[n+](C)cn1. The fourth-order valence-corrected chi connectivity index (χ4v) is 3.24. The van der Waals surface area contributed by atoms with Crippen LogP contribution in [0.4, 0.5) is 0 Å². The molecule has 3 aromatic rings. The van der Waals surface area contributed by atoms with Crippen LogP contribution >= 0.6 is 0 Å². The summed E-state index contributed by atoms with van der Waals surface area (Å²) in [7, 11) is 2.05. The minimum atomic E-state index is 0.910.